The molecule has 1 heterocycles. The van der Waals surface area contributed by atoms with Crippen molar-refractivity contribution in [3.8, 4) is 0 Å². The predicted octanol–water partition coefficient (Wildman–Crippen LogP) is 5.81. The molecular weight excluding hydrogens is 509 g/mol. The van der Waals surface area contributed by atoms with E-state index in [2.05, 4.69) is 62.9 Å². The van der Waals surface area contributed by atoms with Crippen molar-refractivity contribution in [2.24, 2.45) is 0 Å². The Morgan fingerprint density at radius 2 is 1.62 bits per heavy atom. The van der Waals surface area contributed by atoms with Crippen molar-refractivity contribution in [2.45, 2.75) is 18.9 Å². The Kier molecular flexibility index (Phi) is 7.30. The third-order valence-electron chi connectivity index (χ3n) is 6.15. The summed E-state index contributed by atoms with van der Waals surface area (Å²) in [5.74, 6) is -0.600. The monoisotopic (exact) mass is 531 g/mol. The number of thiocarbonyl (C=S) groups is 1. The second kappa shape index (κ2) is 10.9. The van der Waals surface area contributed by atoms with Crippen molar-refractivity contribution >= 4 is 46.3 Å². The normalized spacial score (nSPS) is 12.5. The molecule has 9 heteroatoms. The highest BCUT2D eigenvalue weighted by Gasteiger charge is 2.24. The van der Waals surface area contributed by atoms with E-state index in [0.29, 0.717) is 16.6 Å². The molecule has 0 saturated carbocycles. The van der Waals surface area contributed by atoms with Gasteiger partial charge >= 0.3 is 0 Å². The molecule has 0 radical (unpaired) electrons. The van der Waals surface area contributed by atoms with Gasteiger partial charge in [0.1, 0.15) is 5.82 Å². The van der Waals surface area contributed by atoms with Gasteiger partial charge < -0.3 is 10.6 Å². The van der Waals surface area contributed by atoms with Crippen LogP contribution in [0.2, 0.25) is 5.02 Å². The minimum atomic E-state index is -0.456. The van der Waals surface area contributed by atoms with E-state index in [1.807, 2.05) is 12.1 Å². The average Bonchev–Trinajstić information content (AvgIpc) is 3.05. The largest absolute Gasteiger partial charge is 0.350 e. The molecule has 0 bridgehead atoms. The molecule has 0 unspecified atom stereocenters. The minimum absolute atomic E-state index is 0.117. The molecule has 6 nitrogen and oxygen atoms in total. The predicted molar refractivity (Wildman–Crippen MR) is 148 cm³/mol. The molecule has 186 valence electrons. The van der Waals surface area contributed by atoms with E-state index in [4.69, 9.17) is 23.8 Å². The third kappa shape index (κ3) is 5.71. The van der Waals surface area contributed by atoms with Gasteiger partial charge in [0.05, 0.1) is 16.6 Å². The lowest BCUT2D eigenvalue weighted by atomic mass is 9.95. The Bertz CT molecular complexity index is 1430. The summed E-state index contributed by atoms with van der Waals surface area (Å²) in [6.45, 7) is 0. The summed E-state index contributed by atoms with van der Waals surface area (Å²) in [6, 6.07) is 23.7. The molecule has 1 aliphatic carbocycles. The van der Waals surface area contributed by atoms with Gasteiger partial charge in [0.25, 0.3) is 5.91 Å². The van der Waals surface area contributed by atoms with Crippen LogP contribution in [0.1, 0.15) is 38.7 Å². The number of halogens is 2. The van der Waals surface area contributed by atoms with Crippen molar-refractivity contribution in [2.75, 3.05) is 10.7 Å². The van der Waals surface area contributed by atoms with Gasteiger partial charge in [-0.25, -0.2) is 9.37 Å². The molecule has 4 N–H and O–H groups in total. The van der Waals surface area contributed by atoms with E-state index >= 15 is 0 Å². The maximum absolute atomic E-state index is 13.4. The number of amides is 1. The highest BCUT2D eigenvalue weighted by molar-refractivity contribution is 7.80. The molecule has 1 amide bonds. The van der Waals surface area contributed by atoms with Crippen molar-refractivity contribution in [1.82, 2.24) is 15.7 Å². The molecule has 37 heavy (non-hydrogen) atoms. The Morgan fingerprint density at radius 3 is 2.27 bits per heavy atom. The van der Waals surface area contributed by atoms with Gasteiger partial charge in [0.15, 0.2) is 10.9 Å². The van der Waals surface area contributed by atoms with Gasteiger partial charge in [-0.15, -0.1) is 0 Å². The number of aryl methyl sites for hydroxylation is 2. The Labute approximate surface area is 224 Å². The van der Waals surface area contributed by atoms with E-state index in [1.165, 1.54) is 52.7 Å². The molecule has 4 aromatic rings. The zero-order valence-electron chi connectivity index (χ0n) is 19.6. The first-order valence-corrected chi connectivity index (χ1v) is 12.5. The van der Waals surface area contributed by atoms with Gasteiger partial charge in [-0.1, -0.05) is 66.2 Å². The van der Waals surface area contributed by atoms with Gasteiger partial charge in [0, 0.05) is 11.9 Å². The zero-order valence-corrected chi connectivity index (χ0v) is 21.2. The SMILES string of the molecule is O=C(Nc1cccc(F)c1)c1cnc(NNC(=S)NC2c3ccccc3CCc3ccccc32)c(Cl)c1. The topological polar surface area (TPSA) is 78.1 Å². The fraction of sp³-hybridized carbons (Fsp3) is 0.107. The molecule has 0 atom stereocenters. The van der Waals surface area contributed by atoms with Crippen LogP contribution in [0.3, 0.4) is 0 Å². The molecular formula is C28H23ClFN5OS. The first-order chi connectivity index (χ1) is 18.0. The number of hydrazine groups is 1. The zero-order chi connectivity index (χ0) is 25.8. The van der Waals surface area contributed by atoms with Crippen LogP contribution in [0.4, 0.5) is 15.9 Å². The number of nitrogens with one attached hydrogen (secondary N) is 4. The lowest BCUT2D eigenvalue weighted by Gasteiger charge is -2.24. The summed E-state index contributed by atoms with van der Waals surface area (Å²) < 4.78 is 13.4. The second-order valence-electron chi connectivity index (χ2n) is 8.57. The summed E-state index contributed by atoms with van der Waals surface area (Å²) in [7, 11) is 0. The molecule has 1 aromatic heterocycles. The number of hydrogen-bond acceptors (Lipinski definition) is 4. The van der Waals surface area contributed by atoms with Crippen LogP contribution in [0.5, 0.6) is 0 Å². The number of aromatic nitrogens is 1. The number of carbonyl (C=O) groups excluding carboxylic acids is 1. The summed E-state index contributed by atoms with van der Waals surface area (Å²) in [5, 5.41) is 6.61. The quantitative estimate of drug-likeness (QED) is 0.192. The standard InChI is InChI=1S/C28H23ClFN5OS/c29-24-14-19(27(36)32-21-9-5-8-20(30)15-21)16-31-26(24)34-35-28(37)33-25-22-10-3-1-6-17(22)12-13-18-7-2-4-11-23(18)25/h1-11,14-16,25H,12-13H2,(H,31,34)(H,32,36)(H2,33,35,37). The number of fused-ring (bicyclic) bond motifs is 2. The number of carbonyl (C=O) groups is 1. The third-order valence-corrected chi connectivity index (χ3v) is 6.66. The van der Waals surface area contributed by atoms with Crippen LogP contribution in [0.15, 0.2) is 85.1 Å². The first-order valence-electron chi connectivity index (χ1n) is 11.7. The summed E-state index contributed by atoms with van der Waals surface area (Å²) >= 11 is 11.9. The molecule has 0 fully saturated rings. The van der Waals surface area contributed by atoms with Crippen LogP contribution in [-0.2, 0) is 12.8 Å². The number of hydrogen-bond donors (Lipinski definition) is 4. The molecule has 0 saturated heterocycles. The molecule has 1 aliphatic rings. The van der Waals surface area contributed by atoms with Crippen LogP contribution in [0.25, 0.3) is 0 Å². The average molecular weight is 532 g/mol. The van der Waals surface area contributed by atoms with Crippen molar-refractivity contribution in [1.29, 1.82) is 0 Å². The van der Waals surface area contributed by atoms with E-state index < -0.39 is 11.7 Å². The number of anilines is 2. The van der Waals surface area contributed by atoms with Crippen molar-refractivity contribution in [3.63, 3.8) is 0 Å². The number of rotatable bonds is 5. The first kappa shape index (κ1) is 24.7. The Hall–Kier alpha value is -4.01. The maximum Gasteiger partial charge on any atom is 0.257 e. The number of pyridine rings is 1. The van der Waals surface area contributed by atoms with Gasteiger partial charge in [-0.2, -0.15) is 0 Å². The second-order valence-corrected chi connectivity index (χ2v) is 9.39. The van der Waals surface area contributed by atoms with Crippen LogP contribution in [0, 0.1) is 5.82 Å². The fourth-order valence-corrected chi connectivity index (χ4v) is 4.77. The van der Waals surface area contributed by atoms with E-state index in [-0.39, 0.29) is 16.6 Å². The summed E-state index contributed by atoms with van der Waals surface area (Å²) in [5.41, 5.74) is 11.3. The fourth-order valence-electron chi connectivity index (χ4n) is 4.39. The Morgan fingerprint density at radius 1 is 0.946 bits per heavy atom. The summed E-state index contributed by atoms with van der Waals surface area (Å²) in [4.78, 5) is 16.7. The number of nitrogens with zero attached hydrogens (tertiary/aromatic N) is 1. The Balaban J connectivity index is 1.26. The van der Waals surface area contributed by atoms with Crippen LogP contribution >= 0.6 is 23.8 Å². The van der Waals surface area contributed by atoms with Gasteiger partial charge in [-0.05, 0) is 71.6 Å². The van der Waals surface area contributed by atoms with Crippen molar-refractivity contribution in [3.05, 3.63) is 124 Å². The number of benzene rings is 3. The lowest BCUT2D eigenvalue weighted by Crippen LogP contribution is -2.41. The molecule has 0 aliphatic heterocycles. The van der Waals surface area contributed by atoms with Crippen molar-refractivity contribution < 1.29 is 9.18 Å². The molecule has 3 aromatic carbocycles. The van der Waals surface area contributed by atoms with E-state index in [1.54, 1.807) is 6.07 Å². The summed E-state index contributed by atoms with van der Waals surface area (Å²) in [6.07, 6.45) is 3.30. The van der Waals surface area contributed by atoms with E-state index in [9.17, 15) is 9.18 Å². The van der Waals surface area contributed by atoms with Crippen LogP contribution < -0.4 is 21.5 Å². The maximum atomic E-state index is 13.4. The smallest absolute Gasteiger partial charge is 0.257 e. The van der Waals surface area contributed by atoms with Crippen LogP contribution in [-0.4, -0.2) is 16.0 Å². The minimum Gasteiger partial charge on any atom is -0.350 e. The molecule has 5 rings (SSSR count). The molecule has 0 spiro atoms. The van der Waals surface area contributed by atoms with Gasteiger partial charge in [-0.3, -0.25) is 15.6 Å². The van der Waals surface area contributed by atoms with Gasteiger partial charge in [0.2, 0.25) is 0 Å². The highest BCUT2D eigenvalue weighted by Crippen LogP contribution is 2.32. The lowest BCUT2D eigenvalue weighted by molar-refractivity contribution is 0.102. The van der Waals surface area contributed by atoms with E-state index in [0.717, 1.165) is 12.8 Å². The highest BCUT2D eigenvalue weighted by atomic mass is 35.5.